The summed E-state index contributed by atoms with van der Waals surface area (Å²) >= 11 is 1.62. The molecule has 2 amide bonds. The second-order valence-electron chi connectivity index (χ2n) is 4.55. The van der Waals surface area contributed by atoms with Crippen LogP contribution in [0.3, 0.4) is 0 Å². The second-order valence-corrected chi connectivity index (χ2v) is 5.47. The molecule has 6 heteroatoms. The second kappa shape index (κ2) is 8.47. The van der Waals surface area contributed by atoms with E-state index in [1.807, 2.05) is 43.5 Å². The van der Waals surface area contributed by atoms with E-state index in [9.17, 15) is 14.7 Å². The Labute approximate surface area is 123 Å². The molecule has 5 nitrogen and oxygen atoms in total. The molecule has 1 aromatic carbocycles. The number of amides is 2. The van der Waals surface area contributed by atoms with Gasteiger partial charge in [0.15, 0.2) is 0 Å². The van der Waals surface area contributed by atoms with Gasteiger partial charge in [0.05, 0.1) is 0 Å². The first kappa shape index (κ1) is 16.4. The number of carboxylic acids is 1. The van der Waals surface area contributed by atoms with E-state index in [1.54, 1.807) is 11.8 Å². The zero-order chi connectivity index (χ0) is 15.0. The van der Waals surface area contributed by atoms with Crippen LogP contribution < -0.4 is 10.6 Å². The highest BCUT2D eigenvalue weighted by Crippen LogP contribution is 2.03. The van der Waals surface area contributed by atoms with Crippen LogP contribution in [0.5, 0.6) is 0 Å². The van der Waals surface area contributed by atoms with Gasteiger partial charge in [-0.1, -0.05) is 30.3 Å². The molecule has 0 bridgehead atoms. The first-order valence-corrected chi connectivity index (χ1v) is 7.75. The van der Waals surface area contributed by atoms with Gasteiger partial charge < -0.3 is 15.7 Å². The Morgan fingerprint density at radius 2 is 1.90 bits per heavy atom. The molecule has 0 fully saturated rings. The summed E-state index contributed by atoms with van der Waals surface area (Å²) in [4.78, 5) is 22.9. The third-order valence-electron chi connectivity index (χ3n) is 2.68. The zero-order valence-corrected chi connectivity index (χ0v) is 12.4. The quantitative estimate of drug-likeness (QED) is 0.716. The Morgan fingerprint density at radius 3 is 2.45 bits per heavy atom. The topological polar surface area (TPSA) is 78.4 Å². The number of hydrogen-bond acceptors (Lipinski definition) is 3. The van der Waals surface area contributed by atoms with Gasteiger partial charge in [-0.25, -0.2) is 9.59 Å². The van der Waals surface area contributed by atoms with Crippen LogP contribution >= 0.6 is 11.8 Å². The van der Waals surface area contributed by atoms with E-state index in [1.165, 1.54) is 0 Å². The Hall–Kier alpha value is -1.69. The van der Waals surface area contributed by atoms with Crippen molar-refractivity contribution >= 4 is 23.8 Å². The SMILES string of the molecule is CSCC(C)NC(=O)NC(Cc1ccccc1)C(=O)O. The first-order chi connectivity index (χ1) is 9.52. The number of rotatable bonds is 7. The number of aliphatic carboxylic acids is 1. The van der Waals surface area contributed by atoms with Crippen molar-refractivity contribution in [2.75, 3.05) is 12.0 Å². The lowest BCUT2D eigenvalue weighted by atomic mass is 10.1. The van der Waals surface area contributed by atoms with Crippen molar-refractivity contribution < 1.29 is 14.7 Å². The summed E-state index contributed by atoms with van der Waals surface area (Å²) in [6, 6.07) is 7.84. The molecule has 0 radical (unpaired) electrons. The highest BCUT2D eigenvalue weighted by atomic mass is 32.2. The number of carboxylic acid groups (broad SMARTS) is 1. The van der Waals surface area contributed by atoms with Gasteiger partial charge in [-0.2, -0.15) is 11.8 Å². The summed E-state index contributed by atoms with van der Waals surface area (Å²) in [5.41, 5.74) is 0.873. The van der Waals surface area contributed by atoms with Crippen LogP contribution in [-0.2, 0) is 11.2 Å². The molecule has 110 valence electrons. The number of thioether (sulfide) groups is 1. The van der Waals surface area contributed by atoms with Gasteiger partial charge in [0.25, 0.3) is 0 Å². The predicted molar refractivity (Wildman–Crippen MR) is 81.1 cm³/mol. The molecule has 2 unspecified atom stereocenters. The molecule has 1 rings (SSSR count). The van der Waals surface area contributed by atoms with Crippen molar-refractivity contribution in [3.05, 3.63) is 35.9 Å². The van der Waals surface area contributed by atoms with E-state index in [0.29, 0.717) is 0 Å². The Balaban J connectivity index is 2.55. The maximum atomic E-state index is 11.7. The normalized spacial score (nSPS) is 13.3. The summed E-state index contributed by atoms with van der Waals surface area (Å²) in [6.45, 7) is 1.88. The highest BCUT2D eigenvalue weighted by Gasteiger charge is 2.20. The summed E-state index contributed by atoms with van der Waals surface area (Å²) < 4.78 is 0. The number of hydrogen-bond donors (Lipinski definition) is 3. The third-order valence-corrected chi connectivity index (χ3v) is 3.51. The lowest BCUT2D eigenvalue weighted by Crippen LogP contribution is -2.49. The Kier molecular flexibility index (Phi) is 6.93. The average molecular weight is 296 g/mol. The Bertz CT molecular complexity index is 439. The monoisotopic (exact) mass is 296 g/mol. The Morgan fingerprint density at radius 1 is 1.25 bits per heavy atom. The third kappa shape index (κ3) is 5.97. The summed E-state index contributed by atoms with van der Waals surface area (Å²) in [7, 11) is 0. The summed E-state index contributed by atoms with van der Waals surface area (Å²) in [5, 5.41) is 14.4. The average Bonchev–Trinajstić information content (AvgIpc) is 2.39. The van der Waals surface area contributed by atoms with Crippen molar-refractivity contribution in [1.82, 2.24) is 10.6 Å². The van der Waals surface area contributed by atoms with Gasteiger partial charge >= 0.3 is 12.0 Å². The highest BCUT2D eigenvalue weighted by molar-refractivity contribution is 7.98. The molecule has 0 aliphatic heterocycles. The number of carbonyl (C=O) groups excluding carboxylic acids is 1. The van der Waals surface area contributed by atoms with Crippen molar-refractivity contribution in [1.29, 1.82) is 0 Å². The van der Waals surface area contributed by atoms with Crippen LogP contribution in [0.1, 0.15) is 12.5 Å². The largest absolute Gasteiger partial charge is 0.480 e. The smallest absolute Gasteiger partial charge is 0.326 e. The minimum atomic E-state index is -1.04. The van der Waals surface area contributed by atoms with E-state index >= 15 is 0 Å². The van der Waals surface area contributed by atoms with Crippen LogP contribution in [0.4, 0.5) is 4.79 Å². The van der Waals surface area contributed by atoms with Crippen LogP contribution in [-0.4, -0.2) is 41.2 Å². The van der Waals surface area contributed by atoms with Crippen molar-refractivity contribution in [3.63, 3.8) is 0 Å². The van der Waals surface area contributed by atoms with Gasteiger partial charge in [-0.15, -0.1) is 0 Å². The number of urea groups is 1. The molecule has 1 aromatic rings. The van der Waals surface area contributed by atoms with Gasteiger partial charge in [0, 0.05) is 18.2 Å². The van der Waals surface area contributed by atoms with E-state index in [0.717, 1.165) is 11.3 Å². The first-order valence-electron chi connectivity index (χ1n) is 6.35. The van der Waals surface area contributed by atoms with Gasteiger partial charge in [0.1, 0.15) is 6.04 Å². The molecular formula is C14H20N2O3S. The molecule has 0 heterocycles. The molecule has 0 spiro atoms. The van der Waals surface area contributed by atoms with Crippen molar-refractivity contribution in [3.8, 4) is 0 Å². The minimum Gasteiger partial charge on any atom is -0.480 e. The van der Waals surface area contributed by atoms with Crippen LogP contribution in [0.15, 0.2) is 30.3 Å². The fraction of sp³-hybridized carbons (Fsp3) is 0.429. The molecule has 20 heavy (non-hydrogen) atoms. The van der Waals surface area contributed by atoms with Gasteiger partial charge in [0.2, 0.25) is 0 Å². The predicted octanol–water partition coefficient (Wildman–Crippen LogP) is 1.73. The lowest BCUT2D eigenvalue weighted by molar-refractivity contribution is -0.139. The number of benzene rings is 1. The van der Waals surface area contributed by atoms with Crippen molar-refractivity contribution in [2.24, 2.45) is 0 Å². The molecule has 0 aliphatic carbocycles. The number of carbonyl (C=O) groups is 2. The molecule has 0 aliphatic rings. The molecular weight excluding hydrogens is 276 g/mol. The molecule has 0 aromatic heterocycles. The van der Waals surface area contributed by atoms with E-state index in [4.69, 9.17) is 0 Å². The van der Waals surface area contributed by atoms with Gasteiger partial charge in [-0.05, 0) is 18.7 Å². The van der Waals surface area contributed by atoms with Gasteiger partial charge in [-0.3, -0.25) is 0 Å². The molecule has 0 saturated carbocycles. The van der Waals surface area contributed by atoms with Crippen LogP contribution in [0.2, 0.25) is 0 Å². The minimum absolute atomic E-state index is 0.00355. The van der Waals surface area contributed by atoms with Crippen LogP contribution in [0, 0.1) is 0 Å². The lowest BCUT2D eigenvalue weighted by Gasteiger charge is -2.18. The summed E-state index contributed by atoms with van der Waals surface area (Å²) in [5.74, 6) is -0.259. The fourth-order valence-electron chi connectivity index (χ4n) is 1.77. The van der Waals surface area contributed by atoms with Crippen molar-refractivity contribution in [2.45, 2.75) is 25.4 Å². The van der Waals surface area contributed by atoms with Crippen LogP contribution in [0.25, 0.3) is 0 Å². The maximum absolute atomic E-state index is 11.7. The summed E-state index contributed by atoms with van der Waals surface area (Å²) in [6.07, 6.45) is 2.21. The number of nitrogens with one attached hydrogen (secondary N) is 2. The molecule has 3 N–H and O–H groups in total. The van der Waals surface area contributed by atoms with E-state index < -0.39 is 18.0 Å². The zero-order valence-electron chi connectivity index (χ0n) is 11.6. The van der Waals surface area contributed by atoms with E-state index in [-0.39, 0.29) is 12.5 Å². The van der Waals surface area contributed by atoms with E-state index in [2.05, 4.69) is 10.6 Å². The standard InChI is InChI=1S/C14H20N2O3S/c1-10(9-20-2)15-14(19)16-12(13(17)18)8-11-6-4-3-5-7-11/h3-7,10,12H,8-9H2,1-2H3,(H,17,18)(H2,15,16,19). The fourth-order valence-corrected chi connectivity index (χ4v) is 2.35. The molecule has 2 atom stereocenters. The molecule has 0 saturated heterocycles. The maximum Gasteiger partial charge on any atom is 0.326 e.